The van der Waals surface area contributed by atoms with Gasteiger partial charge in [0.2, 0.25) is 0 Å². The lowest BCUT2D eigenvalue weighted by atomic mass is 9.93. The maximum absolute atomic E-state index is 14.3. The molecule has 3 fully saturated rings. The van der Waals surface area contributed by atoms with Gasteiger partial charge in [-0.2, -0.15) is 38.5 Å². The zero-order valence-electron chi connectivity index (χ0n) is 59.6. The highest BCUT2D eigenvalue weighted by atomic mass is 79.9. The molecular formula is C76H77Br4FN26O3. The van der Waals surface area contributed by atoms with Crippen molar-refractivity contribution >= 4 is 139 Å². The van der Waals surface area contributed by atoms with Gasteiger partial charge in [-0.1, -0.05) is 42.5 Å². The number of piperidine rings is 3. The Balaban J connectivity index is 0.000000122. The van der Waals surface area contributed by atoms with Crippen molar-refractivity contribution in [3.05, 3.63) is 240 Å². The molecule has 110 heavy (non-hydrogen) atoms. The lowest BCUT2D eigenvalue weighted by Crippen LogP contribution is -2.42. The molecule has 29 nitrogen and oxygen atoms in total. The zero-order valence-corrected chi connectivity index (χ0v) is 65.9. The van der Waals surface area contributed by atoms with E-state index >= 15 is 0 Å². The predicted octanol–water partition coefficient (Wildman–Crippen LogP) is 13.2. The minimum Gasteiger partial charge on any atom is -0.366 e. The van der Waals surface area contributed by atoms with Crippen LogP contribution in [0.15, 0.2) is 189 Å². The molecule has 17 rings (SSSR count). The first-order valence-electron chi connectivity index (χ1n) is 35.8. The smallest absolute Gasteiger partial charge is 0.314 e. The molecule has 0 radical (unpaired) electrons. The molecule has 3 aromatic carbocycles. The number of aromatic nitrogens is 16. The number of nitrogens with zero attached hydrogens (tertiary/aromatic N) is 17. The Hall–Kier alpha value is -11.1. The molecule has 564 valence electrons. The van der Waals surface area contributed by atoms with Gasteiger partial charge >= 0.3 is 12.1 Å². The van der Waals surface area contributed by atoms with Gasteiger partial charge in [0.25, 0.3) is 5.91 Å². The number of anilines is 4. The summed E-state index contributed by atoms with van der Waals surface area (Å²) >= 11 is 14.1. The van der Waals surface area contributed by atoms with Gasteiger partial charge in [-0.3, -0.25) is 14.8 Å². The third-order valence-electron chi connectivity index (χ3n) is 19.3. The van der Waals surface area contributed by atoms with Crippen molar-refractivity contribution in [3.63, 3.8) is 0 Å². The molecule has 11 N–H and O–H groups in total. The van der Waals surface area contributed by atoms with Crippen LogP contribution in [-0.4, -0.2) is 152 Å². The van der Waals surface area contributed by atoms with Crippen molar-refractivity contribution < 1.29 is 18.8 Å². The monoisotopic (exact) mass is 1740 g/mol. The maximum atomic E-state index is 14.3. The molecule has 11 aromatic heterocycles. The average molecular weight is 1740 g/mol. The molecule has 14 heterocycles. The second kappa shape index (κ2) is 35.1. The Kier molecular flexibility index (Phi) is 24.2. The third-order valence-corrected chi connectivity index (χ3v) is 21.6. The highest BCUT2D eigenvalue weighted by molar-refractivity contribution is 9.11. The summed E-state index contributed by atoms with van der Waals surface area (Å²) in [6.07, 6.45) is 21.7. The van der Waals surface area contributed by atoms with Crippen molar-refractivity contribution in [2.24, 2.45) is 11.5 Å². The second-order valence-corrected chi connectivity index (χ2v) is 29.9. The number of aromatic amines is 1. The number of pyridine rings is 2. The summed E-state index contributed by atoms with van der Waals surface area (Å²) in [6.45, 7) is 7.18. The molecule has 34 heteroatoms. The van der Waals surface area contributed by atoms with Crippen LogP contribution < -0.4 is 43.4 Å². The topological polar surface area (TPSA) is 357 Å². The first-order chi connectivity index (χ1) is 53.6. The van der Waals surface area contributed by atoms with E-state index in [-0.39, 0.29) is 35.6 Å². The van der Waals surface area contributed by atoms with E-state index in [2.05, 4.69) is 159 Å². The van der Waals surface area contributed by atoms with Gasteiger partial charge in [0, 0.05) is 149 Å². The number of benzene rings is 3. The van der Waals surface area contributed by atoms with E-state index in [1.165, 1.54) is 11.6 Å². The molecule has 5 amide bonds. The first kappa shape index (κ1) is 75.7. The number of halogens is 5. The van der Waals surface area contributed by atoms with Gasteiger partial charge in [0.1, 0.15) is 29.1 Å². The molecule has 3 aliphatic rings. The second-order valence-electron chi connectivity index (χ2n) is 26.5. The predicted molar refractivity (Wildman–Crippen MR) is 433 cm³/mol. The van der Waals surface area contributed by atoms with E-state index < -0.39 is 0 Å². The minimum atomic E-state index is -0.374. The van der Waals surface area contributed by atoms with Crippen molar-refractivity contribution in [1.82, 2.24) is 98.8 Å². The van der Waals surface area contributed by atoms with Gasteiger partial charge < -0.3 is 58.2 Å². The van der Waals surface area contributed by atoms with Crippen molar-refractivity contribution in [2.75, 3.05) is 67.6 Å². The van der Waals surface area contributed by atoms with Crippen LogP contribution in [0.2, 0.25) is 0 Å². The number of nitrogens with one attached hydrogen (secondary N) is 7. The number of likely N-dealkylation sites (tertiary alicyclic amines) is 2. The van der Waals surface area contributed by atoms with E-state index in [4.69, 9.17) is 26.4 Å². The van der Waals surface area contributed by atoms with E-state index in [0.717, 1.165) is 144 Å². The number of H-pyrrole nitrogens is 1. The third kappa shape index (κ3) is 17.9. The lowest BCUT2D eigenvalue weighted by molar-refractivity contribution is 0.0963. The quantitative estimate of drug-likeness (QED) is 0.0409. The first-order valence-corrected chi connectivity index (χ1v) is 38.9. The van der Waals surface area contributed by atoms with Crippen LogP contribution in [0.4, 0.5) is 37.3 Å². The van der Waals surface area contributed by atoms with Gasteiger partial charge in [0.15, 0.2) is 22.6 Å². The average Bonchev–Trinajstić information content (AvgIpc) is 1.63. The Morgan fingerprint density at radius 1 is 0.509 bits per heavy atom. The highest BCUT2D eigenvalue weighted by Gasteiger charge is 2.28. The number of nitrogens with two attached hydrogens (primary N) is 2. The summed E-state index contributed by atoms with van der Waals surface area (Å²) in [5, 5.41) is 37.4. The van der Waals surface area contributed by atoms with Crippen molar-refractivity contribution in [3.8, 4) is 11.3 Å². The normalized spacial score (nSPS) is 14.7. The molecule has 1 unspecified atom stereocenters. The van der Waals surface area contributed by atoms with Crippen LogP contribution >= 0.6 is 63.7 Å². The highest BCUT2D eigenvalue weighted by Crippen LogP contribution is 2.35. The van der Waals surface area contributed by atoms with Gasteiger partial charge in [-0.05, 0) is 186 Å². The minimum absolute atomic E-state index is 0.128. The van der Waals surface area contributed by atoms with Crippen molar-refractivity contribution in [2.45, 2.75) is 82.5 Å². The van der Waals surface area contributed by atoms with Gasteiger partial charge in [0.05, 0.1) is 71.4 Å². The van der Waals surface area contributed by atoms with Crippen LogP contribution in [0.5, 0.6) is 0 Å². The number of rotatable bonds is 17. The number of primary amides is 2. The number of imidazole rings is 1. The Morgan fingerprint density at radius 2 is 0.991 bits per heavy atom. The summed E-state index contributed by atoms with van der Waals surface area (Å²) in [4.78, 5) is 72.7. The molecule has 0 spiro atoms. The van der Waals surface area contributed by atoms with Gasteiger partial charge in [-0.25, -0.2) is 38.9 Å². The number of hydrogen-bond acceptors (Lipinski definition) is 19. The van der Waals surface area contributed by atoms with E-state index in [0.29, 0.717) is 91.0 Å². The molecule has 0 aliphatic carbocycles. The van der Waals surface area contributed by atoms with Crippen LogP contribution in [-0.2, 0) is 26.2 Å². The van der Waals surface area contributed by atoms with Crippen LogP contribution in [0.25, 0.3) is 44.9 Å². The fourth-order valence-electron chi connectivity index (χ4n) is 13.5. The molecule has 3 saturated heterocycles. The fraction of sp³-hybridized carbons (Fsp3) is 0.263. The molecule has 3 aliphatic heterocycles. The Bertz CT molecular complexity index is 5550. The number of hydrogen-bond donors (Lipinski definition) is 9. The van der Waals surface area contributed by atoms with E-state index in [1.807, 2.05) is 71.5 Å². The summed E-state index contributed by atoms with van der Waals surface area (Å²) < 4.78 is 24.7. The summed E-state index contributed by atoms with van der Waals surface area (Å²) in [7, 11) is 1.60. The molecular weight excluding hydrogens is 1660 g/mol. The SMILES string of the molecule is Brc1cnn2c(NCc3ccc4nc[nH]c4c3)cc(C3CCNCC3)nc12.CNC(=O)c1ccc(CNc2cc(-c3ccccc3F)nc3c(Br)cnn23)cc1.NC(=O)N1CCC(c2cc(NCc3cccnc3)n3ncc(Br)c3n2)CC1.NC(=O)N1CCCC(c2cc(NCc3cccnc3)n3ncc(Br)c3n2)C1. The number of amides is 5. The van der Waals surface area contributed by atoms with Gasteiger partial charge in [-0.15, -0.1) is 0 Å². The standard InChI is InChI=1S/C21H17BrFN5O.C19H20BrN7.2C18H20BrN7O/c1-24-21(29)14-8-6-13(7-9-14)11-25-19-10-18(15-4-2-3-5-17(15)23)27-20-16(22)12-26-28(19)20;20-14-10-25-27-18(8-16(26-19(14)27)13-3-5-21-6-4-13)22-9-12-1-2-15-17(7-12)24-11-23-15;19-14-10-23-26-16(22-9-12-3-1-5-21-8-12)7-15(24-17(14)26)13-4-2-6-25(11-13)18(20)27;19-14-11-23-26-16(22-10-12-2-1-5-21-9-12)8-15(24-17(14)26)13-3-6-25(7-4-13)18(20)27/h2-10,12,25H,11H2,1H3,(H,24,29);1-2,7-8,10-11,13,21-22H,3-6,9H2,(H,23,24);1,3,5,7-8,10,13,22H,2,4,6,9,11H2,(H2,20,27);1-2,5,8-9,11,13,22H,3-4,6-7,10H2,(H2,20,27). The van der Waals surface area contributed by atoms with Crippen LogP contribution in [0, 0.1) is 5.82 Å². The lowest BCUT2D eigenvalue weighted by Gasteiger charge is -2.31. The summed E-state index contributed by atoms with van der Waals surface area (Å²) in [5.74, 6) is 3.82. The summed E-state index contributed by atoms with van der Waals surface area (Å²) in [5.41, 5.74) is 24.8. The van der Waals surface area contributed by atoms with Crippen molar-refractivity contribution in [1.29, 1.82) is 0 Å². The zero-order chi connectivity index (χ0) is 76.2. The number of carbonyl (C=O) groups is 3. The molecule has 0 bridgehead atoms. The Morgan fingerprint density at radius 3 is 1.50 bits per heavy atom. The molecule has 14 aromatic rings. The Labute approximate surface area is 664 Å². The largest absolute Gasteiger partial charge is 0.366 e. The van der Waals surface area contributed by atoms with Crippen LogP contribution in [0.3, 0.4) is 0 Å². The number of carbonyl (C=O) groups excluding carboxylic acids is 3. The molecule has 0 saturated carbocycles. The van der Waals surface area contributed by atoms with Crippen LogP contribution in [0.1, 0.15) is 106 Å². The summed E-state index contributed by atoms with van der Waals surface area (Å²) in [6, 6.07) is 35.2. The fourth-order valence-corrected chi connectivity index (χ4v) is 14.9. The van der Waals surface area contributed by atoms with E-state index in [1.54, 1.807) is 110 Å². The molecule has 1 atom stereocenters. The number of urea groups is 2. The van der Waals surface area contributed by atoms with E-state index in [9.17, 15) is 18.8 Å². The maximum Gasteiger partial charge on any atom is 0.314 e. The number of fused-ring (bicyclic) bond motifs is 5.